The Labute approximate surface area is 232 Å². The minimum absolute atomic E-state index is 0.0476. The number of ether oxygens (including phenoxy) is 1. The second-order valence-corrected chi connectivity index (χ2v) is 11.5. The quantitative estimate of drug-likeness (QED) is 0.304. The van der Waals surface area contributed by atoms with E-state index in [9.17, 15) is 13.3 Å². The molecule has 0 unspecified atom stereocenters. The molecule has 2 aliphatic heterocycles. The third-order valence-corrected chi connectivity index (χ3v) is 8.56. The maximum Gasteiger partial charge on any atom is 0.228 e. The van der Waals surface area contributed by atoms with Gasteiger partial charge in [0.25, 0.3) is 0 Å². The summed E-state index contributed by atoms with van der Waals surface area (Å²) in [5.74, 6) is 1.04. The Morgan fingerprint density at radius 3 is 2.65 bits per heavy atom. The van der Waals surface area contributed by atoms with E-state index in [1.165, 1.54) is 10.6 Å². The van der Waals surface area contributed by atoms with E-state index in [4.69, 9.17) is 14.9 Å². The van der Waals surface area contributed by atoms with Crippen LogP contribution in [0, 0.1) is 11.6 Å². The van der Waals surface area contributed by atoms with E-state index < -0.39 is 22.8 Å². The summed E-state index contributed by atoms with van der Waals surface area (Å²) in [4.78, 5) is 13.0. The molecule has 14 heteroatoms. The number of hydrogen-bond acceptors (Lipinski definition) is 10. The van der Waals surface area contributed by atoms with Crippen LogP contribution in [0.25, 0.3) is 17.1 Å². The number of nitrogens with one attached hydrogen (secondary N) is 1. The van der Waals surface area contributed by atoms with Crippen LogP contribution in [-0.2, 0) is 11.2 Å². The molecule has 2 aliphatic rings. The lowest BCUT2D eigenvalue weighted by Gasteiger charge is -2.36. The van der Waals surface area contributed by atoms with Gasteiger partial charge in [0.05, 0.1) is 12.0 Å². The molecule has 0 bridgehead atoms. The van der Waals surface area contributed by atoms with E-state index in [0.717, 1.165) is 12.6 Å². The monoisotopic (exact) mass is 572 g/mol. The van der Waals surface area contributed by atoms with Crippen molar-refractivity contribution in [2.24, 2.45) is 0 Å². The van der Waals surface area contributed by atoms with Crippen LogP contribution in [0.1, 0.15) is 12.8 Å². The van der Waals surface area contributed by atoms with Crippen LogP contribution in [0.3, 0.4) is 0 Å². The predicted molar refractivity (Wildman–Crippen MR) is 148 cm³/mol. The first kappa shape index (κ1) is 26.6. The third kappa shape index (κ3) is 5.78. The summed E-state index contributed by atoms with van der Waals surface area (Å²) in [7, 11) is 0. The highest BCUT2D eigenvalue weighted by atomic mass is 32.2. The van der Waals surface area contributed by atoms with Crippen LogP contribution >= 0.6 is 0 Å². The number of nitrogens with two attached hydrogens (primary N) is 1. The van der Waals surface area contributed by atoms with Crippen molar-refractivity contribution in [2.75, 3.05) is 66.7 Å². The smallest absolute Gasteiger partial charge is 0.228 e. The van der Waals surface area contributed by atoms with Gasteiger partial charge in [-0.25, -0.2) is 8.78 Å². The van der Waals surface area contributed by atoms with Gasteiger partial charge < -0.3 is 29.7 Å². The van der Waals surface area contributed by atoms with Crippen LogP contribution < -0.4 is 20.7 Å². The average Bonchev–Trinajstić information content (AvgIpc) is 3.63. The lowest BCUT2D eigenvalue weighted by Crippen LogP contribution is -2.48. The predicted octanol–water partition coefficient (Wildman–Crippen LogP) is 2.77. The number of rotatable bonds is 8. The molecule has 3 aromatic heterocycles. The van der Waals surface area contributed by atoms with E-state index in [1.54, 1.807) is 18.4 Å². The molecule has 1 aromatic carbocycles. The largest absolute Gasteiger partial charge is 0.616 e. The molecule has 11 nitrogen and oxygen atoms in total. The van der Waals surface area contributed by atoms with E-state index in [1.807, 2.05) is 11.0 Å². The normalized spacial score (nSPS) is 20.2. The van der Waals surface area contributed by atoms with Gasteiger partial charge >= 0.3 is 0 Å². The van der Waals surface area contributed by atoms with Gasteiger partial charge in [-0.2, -0.15) is 19.6 Å². The van der Waals surface area contributed by atoms with Crippen molar-refractivity contribution < 1.29 is 22.5 Å². The number of hydrogen-bond donors (Lipinski definition) is 2. The molecule has 0 spiro atoms. The number of fused-ring (bicyclic) bond motifs is 1. The molecule has 3 N–H and O–H groups in total. The molecule has 4 aromatic rings. The van der Waals surface area contributed by atoms with Crippen LogP contribution in [0.5, 0.6) is 5.75 Å². The van der Waals surface area contributed by atoms with Gasteiger partial charge in [0.15, 0.2) is 23.0 Å². The zero-order valence-electron chi connectivity index (χ0n) is 21.8. The van der Waals surface area contributed by atoms with Gasteiger partial charge in [0.2, 0.25) is 11.9 Å². The van der Waals surface area contributed by atoms with Crippen molar-refractivity contribution >= 4 is 34.4 Å². The van der Waals surface area contributed by atoms with Crippen molar-refractivity contribution in [3.05, 3.63) is 48.2 Å². The van der Waals surface area contributed by atoms with Crippen molar-refractivity contribution in [2.45, 2.75) is 18.9 Å². The molecule has 5 heterocycles. The second kappa shape index (κ2) is 11.5. The van der Waals surface area contributed by atoms with Crippen molar-refractivity contribution in [1.82, 2.24) is 24.5 Å². The summed E-state index contributed by atoms with van der Waals surface area (Å²) in [5.41, 5.74) is 7.59. The van der Waals surface area contributed by atoms with Gasteiger partial charge in [-0.05, 0) is 12.1 Å². The van der Waals surface area contributed by atoms with Gasteiger partial charge in [-0.3, -0.25) is 4.90 Å². The summed E-state index contributed by atoms with van der Waals surface area (Å²) in [5, 5.41) is 7.61. The number of furan rings is 1. The fourth-order valence-electron chi connectivity index (χ4n) is 4.99. The highest BCUT2D eigenvalue weighted by Crippen LogP contribution is 2.31. The van der Waals surface area contributed by atoms with Crippen LogP contribution in [0.15, 0.2) is 41.0 Å². The topological polar surface area (TPSA) is 133 Å². The number of benzene rings is 1. The van der Waals surface area contributed by atoms with Gasteiger partial charge in [-0.1, -0.05) is 11.2 Å². The van der Waals surface area contributed by atoms with Crippen molar-refractivity contribution in [3.63, 3.8) is 0 Å². The van der Waals surface area contributed by atoms with Crippen molar-refractivity contribution in [3.8, 4) is 17.2 Å². The number of halogens is 2. The average molecular weight is 573 g/mol. The van der Waals surface area contributed by atoms with Gasteiger partial charge in [-0.15, -0.1) is 0 Å². The van der Waals surface area contributed by atoms with Crippen molar-refractivity contribution in [1.29, 1.82) is 0 Å². The Bertz CT molecular complexity index is 1450. The van der Waals surface area contributed by atoms with E-state index in [-0.39, 0.29) is 17.8 Å². The lowest BCUT2D eigenvalue weighted by atomic mass is 10.2. The Kier molecular flexibility index (Phi) is 7.63. The molecule has 212 valence electrons. The third-order valence-electron chi connectivity index (χ3n) is 7.18. The Morgan fingerprint density at radius 2 is 1.90 bits per heavy atom. The molecule has 0 atom stereocenters. The molecule has 6 rings (SSSR count). The first-order valence-corrected chi connectivity index (χ1v) is 14.7. The summed E-state index contributed by atoms with van der Waals surface area (Å²) >= 11 is -0.835. The summed E-state index contributed by atoms with van der Waals surface area (Å²) < 4.78 is 53.5. The number of nitrogens with zero attached hydrogens (tertiary/aromatic N) is 6. The summed E-state index contributed by atoms with van der Waals surface area (Å²) in [6, 6.07) is 7.72. The molecule has 0 amide bonds. The highest BCUT2D eigenvalue weighted by molar-refractivity contribution is 7.91. The number of piperazine rings is 1. The molecule has 40 heavy (non-hydrogen) atoms. The standard InChI is InChI=1S/C26H30F2N8O3S/c27-18-14-19(28)23(39-17-3-12-40(37)13-4-17)16-21(18)35-9-7-34(8-10-35)6-5-30-26-31-24-15-20(22-2-1-11-38-22)33-36(24)25(29)32-26/h1-2,11,14-17H,3-10,12-13H2,(H3,29,30,31,32). The molecule has 2 saturated heterocycles. The van der Waals surface area contributed by atoms with Gasteiger partial charge in [0.1, 0.15) is 29.1 Å². The minimum Gasteiger partial charge on any atom is -0.616 e. The first-order valence-electron chi connectivity index (χ1n) is 13.2. The van der Waals surface area contributed by atoms with Crippen LogP contribution in [-0.4, -0.2) is 85.9 Å². The Balaban J connectivity index is 1.02. The molecular weight excluding hydrogens is 542 g/mol. The zero-order valence-corrected chi connectivity index (χ0v) is 22.6. The number of anilines is 3. The van der Waals surface area contributed by atoms with Gasteiger partial charge in [0, 0.05) is 70.3 Å². The summed E-state index contributed by atoms with van der Waals surface area (Å²) in [6.45, 7) is 3.91. The minimum atomic E-state index is -0.835. The Hall–Kier alpha value is -3.62. The molecule has 2 fully saturated rings. The maximum atomic E-state index is 14.7. The highest BCUT2D eigenvalue weighted by Gasteiger charge is 2.26. The fraction of sp³-hybridized carbons (Fsp3) is 0.423. The molecule has 0 saturated carbocycles. The first-order chi connectivity index (χ1) is 19.4. The molecule has 0 aliphatic carbocycles. The van der Waals surface area contributed by atoms with Crippen LogP contribution in [0.2, 0.25) is 0 Å². The van der Waals surface area contributed by atoms with Crippen LogP contribution in [0.4, 0.5) is 26.4 Å². The van der Waals surface area contributed by atoms with E-state index >= 15 is 0 Å². The Morgan fingerprint density at radius 1 is 1.10 bits per heavy atom. The van der Waals surface area contributed by atoms with E-state index in [0.29, 0.717) is 85.8 Å². The lowest BCUT2D eigenvalue weighted by molar-refractivity contribution is 0.181. The fourth-order valence-corrected chi connectivity index (χ4v) is 6.25. The summed E-state index contributed by atoms with van der Waals surface area (Å²) in [6.07, 6.45) is 2.58. The number of nitrogen functional groups attached to an aromatic ring is 1. The van der Waals surface area contributed by atoms with E-state index in [2.05, 4.69) is 25.3 Å². The number of aromatic nitrogens is 4. The zero-order chi connectivity index (χ0) is 27.6. The maximum absolute atomic E-state index is 14.7. The second-order valence-electron chi connectivity index (χ2n) is 9.84. The SMILES string of the molecule is Nc1nc(NCCN2CCN(c3cc(OC4CC[S+]([O-])CC4)c(F)cc3F)CC2)nc2cc(-c3ccco3)nn12. The molecule has 0 radical (unpaired) electrons. The molecular formula is C26H30F2N8O3S.